The third-order valence-electron chi connectivity index (χ3n) is 2.81. The first-order valence-corrected chi connectivity index (χ1v) is 8.06. The standard InChI is InChI=1S/C10H15BrN6O2S/c11-6-1-2-7(16-10(12)13)8(9(6)20(14,18)19)17-4-3-15-5-17/h1-2,15H,3-5H2,(H4,12,13,16)(H2,14,18,19). The van der Waals surface area contributed by atoms with Gasteiger partial charge in [-0.15, -0.1) is 0 Å². The Morgan fingerprint density at radius 3 is 2.70 bits per heavy atom. The molecule has 10 heteroatoms. The van der Waals surface area contributed by atoms with Gasteiger partial charge in [0.1, 0.15) is 4.90 Å². The zero-order valence-corrected chi connectivity index (χ0v) is 12.9. The van der Waals surface area contributed by atoms with Gasteiger partial charge in [0, 0.05) is 17.6 Å². The van der Waals surface area contributed by atoms with E-state index in [-0.39, 0.29) is 10.9 Å². The lowest BCUT2D eigenvalue weighted by Gasteiger charge is -2.24. The third kappa shape index (κ3) is 3.03. The molecule has 0 aliphatic carbocycles. The van der Waals surface area contributed by atoms with E-state index in [0.717, 1.165) is 6.54 Å². The molecule has 0 spiro atoms. The number of hydrogen-bond donors (Lipinski definition) is 5. The maximum Gasteiger partial charge on any atom is 0.241 e. The van der Waals surface area contributed by atoms with Gasteiger partial charge in [-0.3, -0.25) is 10.7 Å². The molecule has 1 saturated heterocycles. The molecule has 0 radical (unpaired) electrons. The molecule has 0 saturated carbocycles. The molecular weight excluding hydrogens is 348 g/mol. The van der Waals surface area contributed by atoms with Gasteiger partial charge in [-0.2, -0.15) is 0 Å². The zero-order chi connectivity index (χ0) is 14.9. The van der Waals surface area contributed by atoms with Crippen molar-refractivity contribution in [1.29, 1.82) is 5.41 Å². The minimum atomic E-state index is -3.93. The van der Waals surface area contributed by atoms with Gasteiger partial charge in [-0.1, -0.05) is 0 Å². The number of nitrogens with one attached hydrogen (secondary N) is 3. The molecule has 20 heavy (non-hydrogen) atoms. The number of halogens is 1. The van der Waals surface area contributed by atoms with Crippen LogP contribution in [0, 0.1) is 5.41 Å². The Bertz CT molecular complexity index is 641. The molecule has 1 heterocycles. The first-order valence-electron chi connectivity index (χ1n) is 5.72. The number of rotatable bonds is 3. The molecule has 1 aliphatic heterocycles. The molecule has 1 aromatic carbocycles. The SMILES string of the molecule is N=C(N)Nc1ccc(Br)c(S(N)(=O)=O)c1N1CCNC1. The first kappa shape index (κ1) is 15.0. The topological polar surface area (TPSA) is 137 Å². The number of sulfonamides is 1. The van der Waals surface area contributed by atoms with Crippen LogP contribution < -0.4 is 26.4 Å². The Balaban J connectivity index is 2.67. The van der Waals surface area contributed by atoms with E-state index >= 15 is 0 Å². The average molecular weight is 363 g/mol. The fourth-order valence-corrected chi connectivity index (χ4v) is 3.92. The van der Waals surface area contributed by atoms with Crippen molar-refractivity contribution in [2.24, 2.45) is 10.9 Å². The van der Waals surface area contributed by atoms with Crippen LogP contribution in [0.4, 0.5) is 11.4 Å². The summed E-state index contributed by atoms with van der Waals surface area (Å²) in [6.45, 7) is 1.85. The molecule has 0 bridgehead atoms. The van der Waals surface area contributed by atoms with Gasteiger partial charge in [0.15, 0.2) is 5.96 Å². The summed E-state index contributed by atoms with van der Waals surface area (Å²) in [4.78, 5) is 1.81. The van der Waals surface area contributed by atoms with Crippen LogP contribution in [0.3, 0.4) is 0 Å². The normalized spacial score (nSPS) is 15.4. The predicted molar refractivity (Wildman–Crippen MR) is 81.3 cm³/mol. The second kappa shape index (κ2) is 5.56. The van der Waals surface area contributed by atoms with Crippen LogP contribution in [0.15, 0.2) is 21.5 Å². The highest BCUT2D eigenvalue weighted by Gasteiger charge is 2.27. The largest absolute Gasteiger partial charge is 0.370 e. The summed E-state index contributed by atoms with van der Waals surface area (Å²) in [6.07, 6.45) is 0. The molecule has 7 N–H and O–H groups in total. The summed E-state index contributed by atoms with van der Waals surface area (Å²) in [5, 5.41) is 18.4. The first-order chi connectivity index (χ1) is 9.30. The maximum atomic E-state index is 11.9. The van der Waals surface area contributed by atoms with Crippen molar-refractivity contribution in [3.63, 3.8) is 0 Å². The van der Waals surface area contributed by atoms with Crippen LogP contribution in [-0.2, 0) is 10.0 Å². The van der Waals surface area contributed by atoms with Crippen LogP contribution in [0.2, 0.25) is 0 Å². The molecule has 2 rings (SSSR count). The smallest absolute Gasteiger partial charge is 0.241 e. The average Bonchev–Trinajstić information content (AvgIpc) is 2.82. The molecule has 8 nitrogen and oxygen atoms in total. The van der Waals surface area contributed by atoms with Gasteiger partial charge >= 0.3 is 0 Å². The highest BCUT2D eigenvalue weighted by atomic mass is 79.9. The predicted octanol–water partition coefficient (Wildman–Crippen LogP) is -0.231. The Morgan fingerprint density at radius 1 is 1.50 bits per heavy atom. The monoisotopic (exact) mass is 362 g/mol. The van der Waals surface area contributed by atoms with E-state index in [1.54, 1.807) is 12.1 Å². The van der Waals surface area contributed by atoms with Crippen molar-refractivity contribution in [2.45, 2.75) is 4.90 Å². The van der Waals surface area contributed by atoms with Crippen LogP contribution in [-0.4, -0.2) is 34.1 Å². The Hall–Kier alpha value is -1.36. The molecule has 110 valence electrons. The van der Waals surface area contributed by atoms with Crippen LogP contribution in [0.1, 0.15) is 0 Å². The fourth-order valence-electron chi connectivity index (χ4n) is 2.08. The number of hydrogen-bond acceptors (Lipinski definition) is 5. The minimum absolute atomic E-state index is 0.0209. The Kier molecular flexibility index (Phi) is 4.18. The van der Waals surface area contributed by atoms with Crippen molar-refractivity contribution in [3.8, 4) is 0 Å². The van der Waals surface area contributed by atoms with E-state index in [9.17, 15) is 8.42 Å². The van der Waals surface area contributed by atoms with Crippen molar-refractivity contribution in [3.05, 3.63) is 16.6 Å². The molecule has 1 aliphatic rings. The molecule has 0 unspecified atom stereocenters. The van der Waals surface area contributed by atoms with Gasteiger partial charge < -0.3 is 16.0 Å². The number of nitrogens with two attached hydrogens (primary N) is 2. The lowest BCUT2D eigenvalue weighted by atomic mass is 10.2. The van der Waals surface area contributed by atoms with Gasteiger partial charge in [0.2, 0.25) is 10.0 Å². The van der Waals surface area contributed by atoms with E-state index < -0.39 is 10.0 Å². The number of benzene rings is 1. The quantitative estimate of drug-likeness (QED) is 0.372. The lowest BCUT2D eigenvalue weighted by molar-refractivity contribution is 0.597. The number of anilines is 2. The van der Waals surface area contributed by atoms with Gasteiger partial charge in [-0.25, -0.2) is 13.6 Å². The highest BCUT2D eigenvalue weighted by molar-refractivity contribution is 9.10. The summed E-state index contributed by atoms with van der Waals surface area (Å²) in [6, 6.07) is 3.20. The van der Waals surface area contributed by atoms with Crippen molar-refractivity contribution < 1.29 is 8.42 Å². The van der Waals surface area contributed by atoms with E-state index in [1.807, 2.05) is 4.90 Å². The number of primary sulfonamides is 1. The van der Waals surface area contributed by atoms with Gasteiger partial charge in [0.05, 0.1) is 18.0 Å². The summed E-state index contributed by atoms with van der Waals surface area (Å²) >= 11 is 3.21. The van der Waals surface area contributed by atoms with Crippen molar-refractivity contribution in [1.82, 2.24) is 5.32 Å². The molecule has 1 fully saturated rings. The number of nitrogens with zero attached hydrogens (tertiary/aromatic N) is 1. The molecule has 1 aromatic rings. The van der Waals surface area contributed by atoms with Crippen LogP contribution >= 0.6 is 15.9 Å². The fraction of sp³-hybridized carbons (Fsp3) is 0.300. The van der Waals surface area contributed by atoms with E-state index in [2.05, 4.69) is 26.6 Å². The van der Waals surface area contributed by atoms with Crippen molar-refractivity contribution in [2.75, 3.05) is 30.0 Å². The molecule has 0 amide bonds. The Morgan fingerprint density at radius 2 is 2.20 bits per heavy atom. The second-order valence-electron chi connectivity index (χ2n) is 4.28. The summed E-state index contributed by atoms with van der Waals surface area (Å²) in [5.74, 6) is -0.277. The van der Waals surface area contributed by atoms with Crippen LogP contribution in [0.25, 0.3) is 0 Å². The Labute approximate surface area is 125 Å². The van der Waals surface area contributed by atoms with E-state index in [0.29, 0.717) is 29.1 Å². The summed E-state index contributed by atoms with van der Waals surface area (Å²) in [7, 11) is -3.93. The second-order valence-corrected chi connectivity index (χ2v) is 6.63. The molecular formula is C10H15BrN6O2S. The van der Waals surface area contributed by atoms with Gasteiger partial charge in [0.25, 0.3) is 0 Å². The molecule has 0 aromatic heterocycles. The minimum Gasteiger partial charge on any atom is -0.370 e. The van der Waals surface area contributed by atoms with Crippen molar-refractivity contribution >= 4 is 43.3 Å². The summed E-state index contributed by atoms with van der Waals surface area (Å²) < 4.78 is 24.1. The van der Waals surface area contributed by atoms with E-state index in [4.69, 9.17) is 16.3 Å². The zero-order valence-electron chi connectivity index (χ0n) is 10.5. The maximum absolute atomic E-state index is 11.9. The lowest BCUT2D eigenvalue weighted by Crippen LogP contribution is -2.28. The third-order valence-corrected chi connectivity index (χ3v) is 4.72. The summed E-state index contributed by atoms with van der Waals surface area (Å²) in [5.41, 5.74) is 6.16. The molecule has 0 atom stereocenters. The number of guanidine groups is 1. The van der Waals surface area contributed by atoms with Crippen LogP contribution in [0.5, 0.6) is 0 Å². The van der Waals surface area contributed by atoms with E-state index in [1.165, 1.54) is 0 Å². The highest BCUT2D eigenvalue weighted by Crippen LogP contribution is 2.38. The van der Waals surface area contributed by atoms with Gasteiger partial charge in [-0.05, 0) is 28.1 Å².